The molecule has 1 heterocycles. The van der Waals surface area contributed by atoms with Gasteiger partial charge in [0, 0.05) is 28.2 Å². The van der Waals surface area contributed by atoms with Gasteiger partial charge in [-0.15, -0.1) is 0 Å². The Kier molecular flexibility index (Phi) is 5.71. The number of nitrogens with one attached hydrogen (secondary N) is 1. The molecule has 0 radical (unpaired) electrons. The molecule has 0 aliphatic heterocycles. The van der Waals surface area contributed by atoms with Gasteiger partial charge in [0.1, 0.15) is 16.4 Å². The Balaban J connectivity index is 1.89. The maximum Gasteiger partial charge on any atom is 0.266 e. The summed E-state index contributed by atoms with van der Waals surface area (Å²) in [6.45, 7) is 0. The number of carbonyl (C=O) groups excluding carboxylic acids is 1. The number of hydrogen-bond donors (Lipinski definition) is 1. The fourth-order valence-corrected chi connectivity index (χ4v) is 4.22. The second-order valence-corrected chi connectivity index (χ2v) is 7.95. The standard InChI is InChI=1S/C19H17ClN2O5S/c1-26-15-6-5-12(16(11-15)27-2)9-18(23)22-28(24,25)17-10-14(20)8-13-4-3-7-21-19(13)17/h3-8,10-11H,9H2,1-2H3,(H,22,23). The predicted octanol–water partition coefficient (Wildman–Crippen LogP) is 2.95. The summed E-state index contributed by atoms with van der Waals surface area (Å²) in [5.41, 5.74) is 0.749. The van der Waals surface area contributed by atoms with E-state index in [4.69, 9.17) is 21.1 Å². The van der Waals surface area contributed by atoms with Gasteiger partial charge in [0.15, 0.2) is 0 Å². The van der Waals surface area contributed by atoms with Crippen LogP contribution in [0.1, 0.15) is 5.56 Å². The highest BCUT2D eigenvalue weighted by Gasteiger charge is 2.23. The van der Waals surface area contributed by atoms with Gasteiger partial charge < -0.3 is 9.47 Å². The van der Waals surface area contributed by atoms with Gasteiger partial charge in [0.2, 0.25) is 5.91 Å². The number of rotatable bonds is 6. The first-order valence-corrected chi connectivity index (χ1v) is 10.0. The molecule has 0 saturated heterocycles. The number of ether oxygens (including phenoxy) is 2. The zero-order chi connectivity index (χ0) is 20.3. The van der Waals surface area contributed by atoms with Crippen LogP contribution in [0.4, 0.5) is 0 Å². The van der Waals surface area contributed by atoms with Gasteiger partial charge in [-0.25, -0.2) is 13.1 Å². The number of aromatic nitrogens is 1. The van der Waals surface area contributed by atoms with Gasteiger partial charge in [-0.1, -0.05) is 23.7 Å². The molecule has 0 saturated carbocycles. The summed E-state index contributed by atoms with van der Waals surface area (Å²) in [5.74, 6) is 0.263. The van der Waals surface area contributed by atoms with Crippen molar-refractivity contribution >= 4 is 38.4 Å². The maximum atomic E-state index is 12.8. The monoisotopic (exact) mass is 420 g/mol. The molecule has 0 aliphatic carbocycles. The van der Waals surface area contributed by atoms with Gasteiger partial charge >= 0.3 is 0 Å². The molecule has 1 amide bonds. The lowest BCUT2D eigenvalue weighted by atomic mass is 10.1. The molecule has 9 heteroatoms. The number of methoxy groups -OCH3 is 2. The molecule has 0 spiro atoms. The highest BCUT2D eigenvalue weighted by molar-refractivity contribution is 7.90. The first kappa shape index (κ1) is 19.9. The van der Waals surface area contributed by atoms with Gasteiger partial charge in [0.25, 0.3) is 10.0 Å². The van der Waals surface area contributed by atoms with E-state index >= 15 is 0 Å². The third-order valence-corrected chi connectivity index (χ3v) is 5.62. The highest BCUT2D eigenvalue weighted by atomic mass is 35.5. The van der Waals surface area contributed by atoms with Crippen LogP contribution in [0.2, 0.25) is 5.02 Å². The van der Waals surface area contributed by atoms with E-state index in [1.165, 1.54) is 26.5 Å². The average molecular weight is 421 g/mol. The first-order valence-electron chi connectivity index (χ1n) is 8.15. The summed E-state index contributed by atoms with van der Waals surface area (Å²) < 4.78 is 38.0. The van der Waals surface area contributed by atoms with Crippen LogP contribution in [0.5, 0.6) is 11.5 Å². The van der Waals surface area contributed by atoms with Crippen molar-refractivity contribution in [2.24, 2.45) is 0 Å². The Morgan fingerprint density at radius 2 is 1.93 bits per heavy atom. The lowest BCUT2D eigenvalue weighted by Gasteiger charge is -2.12. The minimum Gasteiger partial charge on any atom is -0.497 e. The van der Waals surface area contributed by atoms with Gasteiger partial charge in [-0.2, -0.15) is 0 Å². The van der Waals surface area contributed by atoms with E-state index in [1.54, 1.807) is 36.4 Å². The molecule has 1 aromatic heterocycles. The zero-order valence-electron chi connectivity index (χ0n) is 15.1. The van der Waals surface area contributed by atoms with Gasteiger partial charge in [0.05, 0.1) is 26.2 Å². The number of pyridine rings is 1. The lowest BCUT2D eigenvalue weighted by Crippen LogP contribution is -2.32. The smallest absolute Gasteiger partial charge is 0.266 e. The number of hydrogen-bond acceptors (Lipinski definition) is 6. The van der Waals surface area contributed by atoms with Crippen LogP contribution >= 0.6 is 11.6 Å². The third-order valence-electron chi connectivity index (χ3n) is 4.02. The number of sulfonamides is 1. The normalized spacial score (nSPS) is 11.2. The molecular weight excluding hydrogens is 404 g/mol. The van der Waals surface area contributed by atoms with E-state index < -0.39 is 15.9 Å². The van der Waals surface area contributed by atoms with Crippen molar-refractivity contribution in [3.8, 4) is 11.5 Å². The fraction of sp³-hybridized carbons (Fsp3) is 0.158. The van der Waals surface area contributed by atoms with Crippen LogP contribution in [0, 0.1) is 0 Å². The van der Waals surface area contributed by atoms with Crippen molar-refractivity contribution < 1.29 is 22.7 Å². The zero-order valence-corrected chi connectivity index (χ0v) is 16.7. The molecule has 7 nitrogen and oxygen atoms in total. The molecule has 0 aliphatic rings. The minimum atomic E-state index is -4.17. The van der Waals surface area contributed by atoms with Crippen LogP contribution in [0.25, 0.3) is 10.9 Å². The average Bonchev–Trinajstić information content (AvgIpc) is 2.67. The van der Waals surface area contributed by atoms with Crippen LogP contribution < -0.4 is 14.2 Å². The topological polar surface area (TPSA) is 94.6 Å². The minimum absolute atomic E-state index is 0.161. The summed E-state index contributed by atoms with van der Waals surface area (Å²) in [6.07, 6.45) is 1.28. The number of nitrogens with zero attached hydrogens (tertiary/aromatic N) is 1. The maximum absolute atomic E-state index is 12.8. The van der Waals surface area contributed by atoms with Crippen LogP contribution in [-0.4, -0.2) is 33.5 Å². The quantitative estimate of drug-likeness (QED) is 0.658. The molecule has 28 heavy (non-hydrogen) atoms. The number of fused-ring (bicyclic) bond motifs is 1. The van der Waals surface area contributed by atoms with E-state index in [0.717, 1.165) is 0 Å². The molecular formula is C19H17ClN2O5S. The lowest BCUT2D eigenvalue weighted by molar-refractivity contribution is -0.118. The Hall–Kier alpha value is -2.84. The number of amides is 1. The largest absolute Gasteiger partial charge is 0.497 e. The van der Waals surface area contributed by atoms with Gasteiger partial charge in [-0.05, 0) is 24.3 Å². The molecule has 3 aromatic rings. The highest BCUT2D eigenvalue weighted by Crippen LogP contribution is 2.27. The second-order valence-electron chi connectivity index (χ2n) is 5.86. The van der Waals surface area contributed by atoms with Crippen molar-refractivity contribution in [1.82, 2.24) is 9.71 Å². The first-order chi connectivity index (χ1) is 13.3. The molecule has 146 valence electrons. The Bertz CT molecular complexity index is 1150. The summed E-state index contributed by atoms with van der Waals surface area (Å²) >= 11 is 6.03. The molecule has 0 unspecified atom stereocenters. The third kappa shape index (κ3) is 4.18. The van der Waals surface area contributed by atoms with E-state index in [1.807, 2.05) is 0 Å². The van der Waals surface area contributed by atoms with Crippen molar-refractivity contribution in [3.63, 3.8) is 0 Å². The summed E-state index contributed by atoms with van der Waals surface area (Å²) in [4.78, 5) is 16.4. The molecule has 0 atom stereocenters. The molecule has 3 rings (SSSR count). The predicted molar refractivity (Wildman–Crippen MR) is 105 cm³/mol. The Morgan fingerprint density at radius 3 is 2.64 bits per heavy atom. The van der Waals surface area contributed by atoms with Crippen molar-refractivity contribution in [3.05, 3.63) is 59.2 Å². The number of halogens is 1. The van der Waals surface area contributed by atoms with E-state index in [0.29, 0.717) is 22.4 Å². The summed E-state index contributed by atoms with van der Waals surface area (Å²) in [5, 5.41) is 0.782. The van der Waals surface area contributed by atoms with Crippen molar-refractivity contribution in [2.75, 3.05) is 14.2 Å². The molecule has 0 bridgehead atoms. The molecule has 1 N–H and O–H groups in total. The van der Waals surface area contributed by atoms with E-state index in [-0.39, 0.29) is 21.9 Å². The molecule has 2 aromatic carbocycles. The van der Waals surface area contributed by atoms with Gasteiger partial charge in [-0.3, -0.25) is 9.78 Å². The SMILES string of the molecule is COc1ccc(CC(=O)NS(=O)(=O)c2cc(Cl)cc3cccnc23)c(OC)c1. The van der Waals surface area contributed by atoms with E-state index in [9.17, 15) is 13.2 Å². The fourth-order valence-electron chi connectivity index (χ4n) is 2.74. The van der Waals surface area contributed by atoms with E-state index in [2.05, 4.69) is 9.71 Å². The Labute approximate surface area is 167 Å². The number of carbonyl (C=O) groups is 1. The molecule has 0 fully saturated rings. The van der Waals surface area contributed by atoms with Crippen LogP contribution in [0.15, 0.2) is 53.6 Å². The van der Waals surface area contributed by atoms with Crippen molar-refractivity contribution in [2.45, 2.75) is 11.3 Å². The number of benzene rings is 2. The Morgan fingerprint density at radius 1 is 1.14 bits per heavy atom. The van der Waals surface area contributed by atoms with Crippen LogP contribution in [0.3, 0.4) is 0 Å². The van der Waals surface area contributed by atoms with Crippen LogP contribution in [-0.2, 0) is 21.2 Å². The van der Waals surface area contributed by atoms with Crippen molar-refractivity contribution in [1.29, 1.82) is 0 Å². The second kappa shape index (κ2) is 8.04. The summed E-state index contributed by atoms with van der Waals surface area (Å²) in [6, 6.07) is 11.1. The summed E-state index contributed by atoms with van der Waals surface area (Å²) in [7, 11) is -1.21.